The lowest BCUT2D eigenvalue weighted by atomic mass is 10.2. The van der Waals surface area contributed by atoms with E-state index in [1.807, 2.05) is 25.1 Å². The van der Waals surface area contributed by atoms with Gasteiger partial charge in [0.15, 0.2) is 5.13 Å². The van der Waals surface area contributed by atoms with Crippen molar-refractivity contribution in [3.63, 3.8) is 0 Å². The molecule has 2 aromatic carbocycles. The van der Waals surface area contributed by atoms with E-state index in [4.69, 9.17) is 0 Å². The minimum Gasteiger partial charge on any atom is -0.346 e. The van der Waals surface area contributed by atoms with Crippen LogP contribution in [0.3, 0.4) is 0 Å². The first-order chi connectivity index (χ1) is 14.3. The number of carbonyl (C=O) groups excluding carboxylic acids is 2. The van der Waals surface area contributed by atoms with E-state index < -0.39 is 28.4 Å². The van der Waals surface area contributed by atoms with Crippen LogP contribution < -0.4 is 15.4 Å². The molecule has 0 saturated heterocycles. The van der Waals surface area contributed by atoms with Crippen molar-refractivity contribution in [1.29, 1.82) is 0 Å². The quantitative estimate of drug-likeness (QED) is 0.490. The van der Waals surface area contributed by atoms with E-state index in [9.17, 15) is 18.0 Å². The van der Waals surface area contributed by atoms with Crippen molar-refractivity contribution >= 4 is 48.5 Å². The summed E-state index contributed by atoms with van der Waals surface area (Å²) in [5, 5.41) is 5.47. The fourth-order valence-electron chi connectivity index (χ4n) is 2.61. The van der Waals surface area contributed by atoms with Gasteiger partial charge >= 0.3 is 0 Å². The number of amides is 2. The molecule has 158 valence electrons. The van der Waals surface area contributed by atoms with Crippen LogP contribution in [0.15, 0.2) is 47.4 Å². The number of thiazole rings is 1. The lowest BCUT2D eigenvalue weighted by molar-refractivity contribution is -0.123. The summed E-state index contributed by atoms with van der Waals surface area (Å²) in [4.78, 5) is 28.4. The Hall–Kier alpha value is -2.82. The van der Waals surface area contributed by atoms with Crippen molar-refractivity contribution in [1.82, 2.24) is 15.0 Å². The highest BCUT2D eigenvalue weighted by molar-refractivity contribution is 7.89. The lowest BCUT2D eigenvalue weighted by Gasteiger charge is -2.08. The van der Waals surface area contributed by atoms with Gasteiger partial charge in [-0.3, -0.25) is 9.59 Å². The van der Waals surface area contributed by atoms with E-state index in [1.165, 1.54) is 29.0 Å². The largest absolute Gasteiger partial charge is 0.346 e. The maximum Gasteiger partial charge on any atom is 0.245 e. The summed E-state index contributed by atoms with van der Waals surface area (Å²) in [5.41, 5.74) is 2.91. The van der Waals surface area contributed by atoms with E-state index in [0.717, 1.165) is 22.2 Å². The van der Waals surface area contributed by atoms with Gasteiger partial charge in [0.2, 0.25) is 21.8 Å². The van der Waals surface area contributed by atoms with Gasteiger partial charge < -0.3 is 10.6 Å². The van der Waals surface area contributed by atoms with Gasteiger partial charge in [-0.25, -0.2) is 18.1 Å². The molecule has 0 aliphatic heterocycles. The van der Waals surface area contributed by atoms with Gasteiger partial charge in [0.1, 0.15) is 0 Å². The molecule has 8 nitrogen and oxygen atoms in total. The van der Waals surface area contributed by atoms with Gasteiger partial charge in [-0.2, -0.15) is 0 Å². The second-order valence-corrected chi connectivity index (χ2v) is 9.43. The highest BCUT2D eigenvalue weighted by atomic mass is 32.2. The predicted molar refractivity (Wildman–Crippen MR) is 117 cm³/mol. The maximum absolute atomic E-state index is 12.2. The molecule has 0 fully saturated rings. The highest BCUT2D eigenvalue weighted by Crippen LogP contribution is 2.26. The minimum atomic E-state index is -3.80. The fourth-order valence-corrected chi connectivity index (χ4v) is 4.54. The molecule has 1 heterocycles. The summed E-state index contributed by atoms with van der Waals surface area (Å²) in [7, 11) is -3.80. The third kappa shape index (κ3) is 5.62. The van der Waals surface area contributed by atoms with Crippen LogP contribution in [0.2, 0.25) is 0 Å². The number of aryl methyl sites for hydroxylation is 2. The molecule has 0 unspecified atom stereocenters. The first-order valence-electron chi connectivity index (χ1n) is 9.29. The standard InChI is InChI=1S/C20H22N4O4S2/c1-3-14-6-9-16-17(10-14)29-20(23-16)24-19(26)11-21-18(25)12-22-30(27,28)15-7-4-13(2)5-8-15/h4-10,22H,3,11-12H2,1-2H3,(H,21,25)(H,23,24,26). The molecule has 3 rings (SSSR count). The number of benzene rings is 2. The summed E-state index contributed by atoms with van der Waals surface area (Å²) in [6, 6.07) is 12.2. The molecule has 0 aliphatic rings. The molecular weight excluding hydrogens is 424 g/mol. The number of sulfonamides is 1. The van der Waals surface area contributed by atoms with Crippen LogP contribution in [0.1, 0.15) is 18.1 Å². The van der Waals surface area contributed by atoms with Crippen molar-refractivity contribution in [3.05, 3.63) is 53.6 Å². The lowest BCUT2D eigenvalue weighted by Crippen LogP contribution is -2.40. The first-order valence-corrected chi connectivity index (χ1v) is 11.6. The van der Waals surface area contributed by atoms with Gasteiger partial charge in [-0.05, 0) is 43.2 Å². The van der Waals surface area contributed by atoms with Gasteiger partial charge in [0.05, 0.1) is 28.2 Å². The van der Waals surface area contributed by atoms with Crippen LogP contribution >= 0.6 is 11.3 Å². The molecule has 10 heteroatoms. The van der Waals surface area contributed by atoms with Gasteiger partial charge in [-0.15, -0.1) is 0 Å². The smallest absolute Gasteiger partial charge is 0.245 e. The fraction of sp³-hybridized carbons (Fsp3) is 0.250. The number of anilines is 1. The Morgan fingerprint density at radius 1 is 1.03 bits per heavy atom. The van der Waals surface area contributed by atoms with Gasteiger partial charge in [0, 0.05) is 0 Å². The van der Waals surface area contributed by atoms with Gasteiger partial charge in [-0.1, -0.05) is 42.0 Å². The molecule has 0 spiro atoms. The summed E-state index contributed by atoms with van der Waals surface area (Å²) in [6.45, 7) is 3.15. The van der Waals surface area contributed by atoms with Gasteiger partial charge in [0.25, 0.3) is 0 Å². The second-order valence-electron chi connectivity index (χ2n) is 6.64. The molecule has 30 heavy (non-hydrogen) atoms. The molecule has 0 bridgehead atoms. The third-order valence-electron chi connectivity index (χ3n) is 4.31. The summed E-state index contributed by atoms with van der Waals surface area (Å²) >= 11 is 1.35. The van der Waals surface area contributed by atoms with Crippen molar-refractivity contribution in [2.45, 2.75) is 25.2 Å². The van der Waals surface area contributed by atoms with Crippen molar-refractivity contribution in [2.75, 3.05) is 18.4 Å². The van der Waals surface area contributed by atoms with Crippen LogP contribution in [-0.4, -0.2) is 38.3 Å². The van der Waals surface area contributed by atoms with Crippen LogP contribution in [0.5, 0.6) is 0 Å². The molecule has 3 aromatic rings. The molecule has 1 aromatic heterocycles. The Balaban J connectivity index is 1.48. The molecule has 0 aliphatic carbocycles. The zero-order valence-electron chi connectivity index (χ0n) is 16.6. The van der Waals surface area contributed by atoms with Crippen LogP contribution in [0, 0.1) is 6.92 Å². The number of nitrogens with zero attached hydrogens (tertiary/aromatic N) is 1. The van der Waals surface area contributed by atoms with E-state index in [-0.39, 0.29) is 11.4 Å². The molecule has 0 radical (unpaired) electrons. The number of rotatable bonds is 8. The normalized spacial score (nSPS) is 11.4. The van der Waals surface area contributed by atoms with Crippen molar-refractivity contribution in [3.8, 4) is 0 Å². The second kappa shape index (κ2) is 9.33. The van der Waals surface area contributed by atoms with Crippen LogP contribution in [0.4, 0.5) is 5.13 Å². The Bertz CT molecular complexity index is 1170. The zero-order valence-corrected chi connectivity index (χ0v) is 18.2. The number of hydrogen-bond donors (Lipinski definition) is 3. The number of nitrogens with one attached hydrogen (secondary N) is 3. The predicted octanol–water partition coefficient (Wildman–Crippen LogP) is 2.20. The maximum atomic E-state index is 12.2. The van der Waals surface area contributed by atoms with E-state index >= 15 is 0 Å². The molecular formula is C20H22N4O4S2. The average Bonchev–Trinajstić information content (AvgIpc) is 3.12. The first kappa shape index (κ1) is 21.9. The van der Waals surface area contributed by atoms with Crippen molar-refractivity contribution < 1.29 is 18.0 Å². The number of hydrogen-bond acceptors (Lipinski definition) is 6. The molecule has 2 amide bonds. The Morgan fingerprint density at radius 2 is 1.77 bits per heavy atom. The minimum absolute atomic E-state index is 0.0701. The Morgan fingerprint density at radius 3 is 2.47 bits per heavy atom. The zero-order chi connectivity index (χ0) is 21.7. The highest BCUT2D eigenvalue weighted by Gasteiger charge is 2.16. The van der Waals surface area contributed by atoms with Crippen LogP contribution in [-0.2, 0) is 26.0 Å². The SMILES string of the molecule is CCc1ccc2nc(NC(=O)CNC(=O)CNS(=O)(=O)c3ccc(C)cc3)sc2c1. The van der Waals surface area contributed by atoms with Crippen molar-refractivity contribution in [2.24, 2.45) is 0 Å². The summed E-state index contributed by atoms with van der Waals surface area (Å²) in [5.74, 6) is -1.06. The number of carbonyl (C=O) groups is 2. The Kier molecular flexibility index (Phi) is 6.80. The topological polar surface area (TPSA) is 117 Å². The molecule has 0 saturated carbocycles. The summed E-state index contributed by atoms with van der Waals surface area (Å²) in [6.07, 6.45) is 0.912. The summed E-state index contributed by atoms with van der Waals surface area (Å²) < 4.78 is 27.5. The third-order valence-corrected chi connectivity index (χ3v) is 6.66. The van der Waals surface area contributed by atoms with Crippen LogP contribution in [0.25, 0.3) is 10.2 Å². The number of fused-ring (bicyclic) bond motifs is 1. The van der Waals surface area contributed by atoms with E-state index in [2.05, 4.69) is 27.3 Å². The molecule has 3 N–H and O–H groups in total. The van der Waals surface area contributed by atoms with E-state index in [0.29, 0.717) is 5.13 Å². The van der Waals surface area contributed by atoms with E-state index in [1.54, 1.807) is 12.1 Å². The monoisotopic (exact) mass is 446 g/mol. The Labute approximate surface area is 178 Å². The molecule has 0 atom stereocenters. The number of aromatic nitrogens is 1. The average molecular weight is 447 g/mol.